The van der Waals surface area contributed by atoms with E-state index in [1.54, 1.807) is 6.07 Å². The van der Waals surface area contributed by atoms with Gasteiger partial charge in [0.25, 0.3) is 0 Å². The van der Waals surface area contributed by atoms with Gasteiger partial charge >= 0.3 is 0 Å². The van der Waals surface area contributed by atoms with Gasteiger partial charge in [0.15, 0.2) is 0 Å². The predicted octanol–water partition coefficient (Wildman–Crippen LogP) is 4.13. The minimum absolute atomic E-state index is 0.0841. The number of halogens is 1. The molecule has 2 aliphatic carbocycles. The molecule has 184 valence electrons. The molecule has 1 atom stereocenters. The number of carbonyl (C=O) groups excluding carboxylic acids is 2. The molecule has 0 unspecified atom stereocenters. The first-order valence-electron chi connectivity index (χ1n) is 12.4. The van der Waals surface area contributed by atoms with Crippen LogP contribution >= 0.6 is 11.6 Å². The number of rotatable bonds is 8. The number of ether oxygens (including phenoxy) is 1. The molecular weight excluding hydrogens is 452 g/mol. The van der Waals surface area contributed by atoms with Crippen molar-refractivity contribution in [1.82, 2.24) is 9.80 Å². The van der Waals surface area contributed by atoms with E-state index >= 15 is 0 Å². The van der Waals surface area contributed by atoms with Crippen LogP contribution in [-0.2, 0) is 20.9 Å². The molecule has 0 bridgehead atoms. The maximum absolute atomic E-state index is 12.9. The van der Waals surface area contributed by atoms with Crippen LogP contribution in [0, 0.1) is 29.6 Å². The Morgan fingerprint density at radius 1 is 1.26 bits per heavy atom. The molecule has 8 heteroatoms. The van der Waals surface area contributed by atoms with Crippen molar-refractivity contribution in [2.75, 3.05) is 38.2 Å². The van der Waals surface area contributed by atoms with Crippen LogP contribution in [0.1, 0.15) is 56.6 Å². The first-order valence-corrected chi connectivity index (χ1v) is 12.8. The number of nitriles is 1. The highest BCUT2D eigenvalue weighted by atomic mass is 35.5. The van der Waals surface area contributed by atoms with Crippen LogP contribution in [0.5, 0.6) is 0 Å². The molecule has 2 amide bonds. The maximum Gasteiger partial charge on any atom is 0.250 e. The Morgan fingerprint density at radius 2 is 2.00 bits per heavy atom. The number of amides is 2. The third-order valence-electron chi connectivity index (χ3n) is 7.55. The molecule has 1 heterocycles. The van der Waals surface area contributed by atoms with Crippen LogP contribution in [0.4, 0.5) is 5.69 Å². The Bertz CT molecular complexity index is 966. The highest BCUT2D eigenvalue weighted by molar-refractivity contribution is 6.31. The van der Waals surface area contributed by atoms with Gasteiger partial charge in [-0.2, -0.15) is 5.26 Å². The largest absolute Gasteiger partial charge is 0.370 e. The molecule has 1 N–H and O–H groups in total. The second-order valence-electron chi connectivity index (χ2n) is 10.3. The topological polar surface area (TPSA) is 85.7 Å². The second-order valence-corrected chi connectivity index (χ2v) is 10.7. The van der Waals surface area contributed by atoms with Crippen molar-refractivity contribution in [3.05, 3.63) is 28.3 Å². The fourth-order valence-corrected chi connectivity index (χ4v) is 5.39. The van der Waals surface area contributed by atoms with Gasteiger partial charge in [-0.05, 0) is 62.8 Å². The Hall–Kier alpha value is -2.14. The van der Waals surface area contributed by atoms with E-state index in [2.05, 4.69) is 28.1 Å². The molecule has 1 aromatic rings. The third-order valence-corrected chi connectivity index (χ3v) is 7.77. The molecule has 1 aliphatic heterocycles. The standard InChI is InChI=1S/C26H35ClN4O3/c1-18-13-30(9-10-31(18)25(33)20-5-3-4-6-20)14-21-11-22(27)12-23(19(21)2)29-24(32)15-34-17-26(16-28)7-8-26/h11-12,18,20H,3-10,13-15,17H2,1-2H3,(H,29,32)/t18-/m0/s1. The summed E-state index contributed by atoms with van der Waals surface area (Å²) in [7, 11) is 0. The maximum atomic E-state index is 12.9. The van der Waals surface area contributed by atoms with Crippen LogP contribution in [0.15, 0.2) is 12.1 Å². The quantitative estimate of drug-likeness (QED) is 0.597. The zero-order valence-corrected chi connectivity index (χ0v) is 21.0. The minimum atomic E-state index is -0.387. The highest BCUT2D eigenvalue weighted by Gasteiger charge is 2.43. The van der Waals surface area contributed by atoms with Gasteiger partial charge in [0.05, 0.1) is 18.1 Å². The molecule has 3 aliphatic rings. The summed E-state index contributed by atoms with van der Waals surface area (Å²) in [5, 5.41) is 12.6. The van der Waals surface area contributed by atoms with Crippen LogP contribution in [0.25, 0.3) is 0 Å². The monoisotopic (exact) mass is 486 g/mol. The fraction of sp³-hybridized carbons (Fsp3) is 0.654. The van der Waals surface area contributed by atoms with Gasteiger partial charge in [-0.3, -0.25) is 14.5 Å². The van der Waals surface area contributed by atoms with Gasteiger partial charge in [0.2, 0.25) is 11.8 Å². The molecule has 3 fully saturated rings. The molecule has 7 nitrogen and oxygen atoms in total. The lowest BCUT2D eigenvalue weighted by molar-refractivity contribution is -0.140. The fourth-order valence-electron chi connectivity index (χ4n) is 5.15. The Kier molecular flexibility index (Phi) is 7.81. The lowest BCUT2D eigenvalue weighted by Gasteiger charge is -2.41. The van der Waals surface area contributed by atoms with Crippen LogP contribution in [0.3, 0.4) is 0 Å². The van der Waals surface area contributed by atoms with Crippen molar-refractivity contribution < 1.29 is 14.3 Å². The molecule has 4 rings (SSSR count). The van der Waals surface area contributed by atoms with E-state index < -0.39 is 0 Å². The predicted molar refractivity (Wildman–Crippen MR) is 131 cm³/mol. The van der Waals surface area contributed by atoms with E-state index in [1.807, 2.05) is 13.0 Å². The highest BCUT2D eigenvalue weighted by Crippen LogP contribution is 2.44. The molecule has 0 radical (unpaired) electrons. The average Bonchev–Trinajstić information content (AvgIpc) is 3.36. The van der Waals surface area contributed by atoms with E-state index in [0.29, 0.717) is 29.8 Å². The summed E-state index contributed by atoms with van der Waals surface area (Å²) in [6.45, 7) is 7.44. The summed E-state index contributed by atoms with van der Waals surface area (Å²) in [5.41, 5.74) is 2.33. The minimum Gasteiger partial charge on any atom is -0.370 e. The summed E-state index contributed by atoms with van der Waals surface area (Å²) < 4.78 is 5.48. The van der Waals surface area contributed by atoms with Crippen molar-refractivity contribution in [1.29, 1.82) is 5.26 Å². The summed E-state index contributed by atoms with van der Waals surface area (Å²) in [6, 6.07) is 6.16. The number of hydrogen-bond donors (Lipinski definition) is 1. The number of anilines is 1. The first-order chi connectivity index (χ1) is 16.3. The van der Waals surface area contributed by atoms with E-state index in [-0.39, 0.29) is 29.9 Å². The summed E-state index contributed by atoms with van der Waals surface area (Å²) in [4.78, 5) is 29.7. The average molecular weight is 487 g/mol. The van der Waals surface area contributed by atoms with Crippen molar-refractivity contribution in [2.45, 2.75) is 65.0 Å². The number of benzene rings is 1. The van der Waals surface area contributed by atoms with E-state index in [9.17, 15) is 9.59 Å². The number of piperazine rings is 1. The second kappa shape index (κ2) is 10.6. The van der Waals surface area contributed by atoms with Crippen molar-refractivity contribution >= 4 is 29.1 Å². The van der Waals surface area contributed by atoms with Crippen LogP contribution in [-0.4, -0.2) is 60.5 Å². The number of carbonyl (C=O) groups is 2. The SMILES string of the molecule is Cc1c(CN2CCN(C(=O)C3CCCC3)[C@@H](C)C2)cc(Cl)cc1NC(=O)COCC1(C#N)CC1. The number of nitrogens with one attached hydrogen (secondary N) is 1. The van der Waals surface area contributed by atoms with Gasteiger partial charge in [-0.25, -0.2) is 0 Å². The van der Waals surface area contributed by atoms with Crippen LogP contribution < -0.4 is 5.32 Å². The van der Waals surface area contributed by atoms with E-state index in [4.69, 9.17) is 21.6 Å². The van der Waals surface area contributed by atoms with Gasteiger partial charge in [0.1, 0.15) is 6.61 Å². The molecule has 1 aromatic carbocycles. The normalized spacial score (nSPS) is 22.4. The summed E-state index contributed by atoms with van der Waals surface area (Å²) in [5.74, 6) is 0.296. The molecule has 2 saturated carbocycles. The Balaban J connectivity index is 1.32. The van der Waals surface area contributed by atoms with Gasteiger partial charge in [-0.1, -0.05) is 24.4 Å². The molecular formula is C26H35ClN4O3. The number of nitrogens with zero attached hydrogens (tertiary/aromatic N) is 3. The van der Waals surface area contributed by atoms with E-state index in [0.717, 1.165) is 56.4 Å². The van der Waals surface area contributed by atoms with Gasteiger partial charge < -0.3 is 15.0 Å². The van der Waals surface area contributed by atoms with Gasteiger partial charge in [-0.15, -0.1) is 0 Å². The van der Waals surface area contributed by atoms with Crippen molar-refractivity contribution in [3.8, 4) is 6.07 Å². The van der Waals surface area contributed by atoms with Crippen molar-refractivity contribution in [3.63, 3.8) is 0 Å². The molecule has 34 heavy (non-hydrogen) atoms. The Labute approximate surface area is 207 Å². The van der Waals surface area contributed by atoms with Crippen molar-refractivity contribution in [2.24, 2.45) is 11.3 Å². The van der Waals surface area contributed by atoms with E-state index in [1.165, 1.54) is 12.8 Å². The zero-order chi connectivity index (χ0) is 24.3. The molecule has 0 spiro atoms. The molecule has 0 aromatic heterocycles. The third kappa shape index (κ3) is 5.91. The zero-order valence-electron chi connectivity index (χ0n) is 20.2. The molecule has 1 saturated heterocycles. The van der Waals surface area contributed by atoms with Crippen LogP contribution in [0.2, 0.25) is 5.02 Å². The lowest BCUT2D eigenvalue weighted by Crippen LogP contribution is -2.54. The Morgan fingerprint density at radius 3 is 2.65 bits per heavy atom. The smallest absolute Gasteiger partial charge is 0.250 e. The lowest BCUT2D eigenvalue weighted by atomic mass is 10.0. The number of hydrogen-bond acceptors (Lipinski definition) is 5. The summed E-state index contributed by atoms with van der Waals surface area (Å²) in [6.07, 6.45) is 6.08. The van der Waals surface area contributed by atoms with Gasteiger partial charge in [0, 0.05) is 48.8 Å². The first kappa shape index (κ1) is 25.0. The summed E-state index contributed by atoms with van der Waals surface area (Å²) >= 11 is 6.39.